The summed E-state index contributed by atoms with van der Waals surface area (Å²) in [5.74, 6) is 0.764. The number of tetrazole rings is 1. The molecule has 7 heteroatoms. The Balaban J connectivity index is 1.66. The van der Waals surface area contributed by atoms with Gasteiger partial charge in [-0.2, -0.15) is 0 Å². The van der Waals surface area contributed by atoms with Gasteiger partial charge in [-0.1, -0.05) is 30.3 Å². The highest BCUT2D eigenvalue weighted by atomic mass is 15.6. The first-order valence-corrected chi connectivity index (χ1v) is 7.22. The minimum Gasteiger partial charge on any atom is -0.367 e. The predicted octanol–water partition coefficient (Wildman–Crippen LogP) is 1.10. The summed E-state index contributed by atoms with van der Waals surface area (Å²) < 4.78 is 1.42. The Labute approximate surface area is 128 Å². The van der Waals surface area contributed by atoms with Crippen molar-refractivity contribution in [2.45, 2.75) is 12.5 Å². The molecule has 1 N–H and O–H groups in total. The molecular formula is C15H19N7. The van der Waals surface area contributed by atoms with E-state index < -0.39 is 0 Å². The van der Waals surface area contributed by atoms with Crippen LogP contribution in [0.2, 0.25) is 0 Å². The van der Waals surface area contributed by atoms with Crippen molar-refractivity contribution in [3.63, 3.8) is 0 Å². The fourth-order valence-corrected chi connectivity index (χ4v) is 2.29. The van der Waals surface area contributed by atoms with Gasteiger partial charge in [-0.15, -0.1) is 14.8 Å². The maximum absolute atomic E-state index is 4.32. The number of anilines is 1. The summed E-state index contributed by atoms with van der Waals surface area (Å²) >= 11 is 0. The highest BCUT2D eigenvalue weighted by molar-refractivity contribution is 5.42. The number of benzene rings is 1. The molecule has 0 aliphatic carbocycles. The molecule has 2 aromatic heterocycles. The number of hydrogen-bond acceptors (Lipinski definition) is 6. The smallest absolute Gasteiger partial charge is 0.200 e. The van der Waals surface area contributed by atoms with Gasteiger partial charge in [-0.05, 0) is 48.6 Å². The van der Waals surface area contributed by atoms with Crippen molar-refractivity contribution in [3.8, 4) is 0 Å². The third kappa shape index (κ3) is 3.37. The molecule has 0 spiro atoms. The second kappa shape index (κ2) is 6.48. The van der Waals surface area contributed by atoms with Crippen molar-refractivity contribution in [3.05, 3.63) is 48.0 Å². The fourth-order valence-electron chi connectivity index (χ4n) is 2.29. The fraction of sp³-hybridized carbons (Fsp3) is 0.333. The molecule has 0 radical (unpaired) electrons. The Bertz CT molecular complexity index is 723. The zero-order valence-corrected chi connectivity index (χ0v) is 12.7. The Kier molecular flexibility index (Phi) is 4.24. The van der Waals surface area contributed by atoms with Crippen LogP contribution in [0.5, 0.6) is 0 Å². The summed E-state index contributed by atoms with van der Waals surface area (Å²) in [6, 6.07) is 14.6. The Morgan fingerprint density at radius 1 is 1.14 bits per heavy atom. The standard InChI is InChI=1S/C15H19N7/c1-21(2)13(10-12-6-4-3-5-7-12)11-16-14-8-9-15-17-19-20-22(15)18-14/h3-9,13H,10-11H2,1-2H3,(H,16,18)/t13-/m0/s1. The zero-order chi connectivity index (χ0) is 15.4. The second-order valence-electron chi connectivity index (χ2n) is 5.43. The van der Waals surface area contributed by atoms with Gasteiger partial charge in [0.1, 0.15) is 5.82 Å². The third-order valence-electron chi connectivity index (χ3n) is 3.63. The molecule has 0 amide bonds. The van der Waals surface area contributed by atoms with Gasteiger partial charge in [-0.3, -0.25) is 0 Å². The lowest BCUT2D eigenvalue weighted by atomic mass is 10.1. The molecule has 3 aromatic rings. The van der Waals surface area contributed by atoms with Crippen LogP contribution in [0.1, 0.15) is 5.56 Å². The van der Waals surface area contributed by atoms with Gasteiger partial charge in [0.25, 0.3) is 0 Å². The first-order valence-electron chi connectivity index (χ1n) is 7.22. The highest BCUT2D eigenvalue weighted by Crippen LogP contribution is 2.09. The van der Waals surface area contributed by atoms with E-state index in [2.05, 4.69) is 69.2 Å². The topological polar surface area (TPSA) is 71.2 Å². The molecular weight excluding hydrogens is 278 g/mol. The molecule has 22 heavy (non-hydrogen) atoms. The van der Waals surface area contributed by atoms with Crippen LogP contribution in [0, 0.1) is 0 Å². The number of likely N-dealkylation sites (N-methyl/N-ethyl adjacent to an activating group) is 1. The molecule has 0 saturated heterocycles. The molecule has 0 unspecified atom stereocenters. The molecule has 1 aromatic carbocycles. The van der Waals surface area contributed by atoms with Crippen LogP contribution in [-0.2, 0) is 6.42 Å². The van der Waals surface area contributed by atoms with E-state index in [1.807, 2.05) is 18.2 Å². The van der Waals surface area contributed by atoms with E-state index in [0.29, 0.717) is 11.7 Å². The largest absolute Gasteiger partial charge is 0.367 e. The van der Waals surface area contributed by atoms with Crippen molar-refractivity contribution in [1.29, 1.82) is 0 Å². The van der Waals surface area contributed by atoms with E-state index in [9.17, 15) is 0 Å². The Morgan fingerprint density at radius 3 is 2.73 bits per heavy atom. The molecule has 114 valence electrons. The van der Waals surface area contributed by atoms with Gasteiger partial charge in [0.05, 0.1) is 0 Å². The third-order valence-corrected chi connectivity index (χ3v) is 3.63. The maximum atomic E-state index is 4.32. The average molecular weight is 297 g/mol. The molecule has 0 saturated carbocycles. The minimum atomic E-state index is 0.369. The first kappa shape index (κ1) is 14.4. The summed E-state index contributed by atoms with van der Waals surface area (Å²) in [6.07, 6.45) is 0.980. The number of hydrogen-bond donors (Lipinski definition) is 1. The van der Waals surface area contributed by atoms with Gasteiger partial charge in [0.2, 0.25) is 0 Å². The summed E-state index contributed by atoms with van der Waals surface area (Å²) in [6.45, 7) is 0.794. The molecule has 0 bridgehead atoms. The van der Waals surface area contributed by atoms with Crippen molar-refractivity contribution in [2.75, 3.05) is 26.0 Å². The monoisotopic (exact) mass is 297 g/mol. The maximum Gasteiger partial charge on any atom is 0.200 e. The van der Waals surface area contributed by atoms with Gasteiger partial charge < -0.3 is 10.2 Å². The van der Waals surface area contributed by atoms with Crippen LogP contribution in [0.25, 0.3) is 5.65 Å². The Hall–Kier alpha value is -2.54. The normalized spacial score (nSPS) is 12.7. The lowest BCUT2D eigenvalue weighted by molar-refractivity contribution is 0.303. The summed E-state index contributed by atoms with van der Waals surface area (Å²) in [4.78, 5) is 2.22. The molecule has 0 aliphatic rings. The molecule has 0 aliphatic heterocycles. The first-order chi connectivity index (χ1) is 10.7. The number of aromatic nitrogens is 5. The van der Waals surface area contributed by atoms with Crippen LogP contribution >= 0.6 is 0 Å². The van der Waals surface area contributed by atoms with Crippen LogP contribution in [-0.4, -0.2) is 56.8 Å². The quantitative estimate of drug-likeness (QED) is 0.735. The van der Waals surface area contributed by atoms with E-state index in [-0.39, 0.29) is 0 Å². The van der Waals surface area contributed by atoms with Crippen molar-refractivity contribution < 1.29 is 0 Å². The number of fused-ring (bicyclic) bond motifs is 1. The second-order valence-corrected chi connectivity index (χ2v) is 5.43. The number of nitrogens with zero attached hydrogens (tertiary/aromatic N) is 6. The molecule has 2 heterocycles. The van der Waals surface area contributed by atoms with Gasteiger partial charge in [0, 0.05) is 12.6 Å². The van der Waals surface area contributed by atoms with Gasteiger partial charge in [0.15, 0.2) is 5.65 Å². The van der Waals surface area contributed by atoms with E-state index in [1.54, 1.807) is 0 Å². The van der Waals surface area contributed by atoms with E-state index >= 15 is 0 Å². The van der Waals surface area contributed by atoms with Crippen LogP contribution in [0.15, 0.2) is 42.5 Å². The summed E-state index contributed by atoms with van der Waals surface area (Å²) in [5, 5.41) is 18.9. The summed E-state index contributed by atoms with van der Waals surface area (Å²) in [7, 11) is 4.18. The summed E-state index contributed by atoms with van der Waals surface area (Å²) in [5.41, 5.74) is 1.96. The number of nitrogens with one attached hydrogen (secondary N) is 1. The average Bonchev–Trinajstić information content (AvgIpc) is 2.99. The predicted molar refractivity (Wildman–Crippen MR) is 84.7 cm³/mol. The molecule has 0 fully saturated rings. The van der Waals surface area contributed by atoms with Gasteiger partial charge in [-0.25, -0.2) is 0 Å². The molecule has 7 nitrogen and oxygen atoms in total. The van der Waals surface area contributed by atoms with Gasteiger partial charge >= 0.3 is 0 Å². The lowest BCUT2D eigenvalue weighted by Gasteiger charge is -2.25. The van der Waals surface area contributed by atoms with Crippen molar-refractivity contribution in [1.82, 2.24) is 30.2 Å². The van der Waals surface area contributed by atoms with E-state index in [4.69, 9.17) is 0 Å². The molecule has 1 atom stereocenters. The zero-order valence-electron chi connectivity index (χ0n) is 12.7. The minimum absolute atomic E-state index is 0.369. The Morgan fingerprint density at radius 2 is 1.95 bits per heavy atom. The molecule has 3 rings (SSSR count). The highest BCUT2D eigenvalue weighted by Gasteiger charge is 2.12. The number of rotatable bonds is 6. The van der Waals surface area contributed by atoms with E-state index in [0.717, 1.165) is 18.8 Å². The lowest BCUT2D eigenvalue weighted by Crippen LogP contribution is -2.36. The SMILES string of the molecule is CN(C)[C@H](CNc1ccc2nnnn2n1)Cc1ccccc1. The van der Waals surface area contributed by atoms with Crippen LogP contribution in [0.3, 0.4) is 0 Å². The van der Waals surface area contributed by atoms with Crippen molar-refractivity contribution in [2.24, 2.45) is 0 Å². The van der Waals surface area contributed by atoms with Crippen LogP contribution in [0.4, 0.5) is 5.82 Å². The van der Waals surface area contributed by atoms with E-state index in [1.165, 1.54) is 10.2 Å². The van der Waals surface area contributed by atoms with Crippen LogP contribution < -0.4 is 5.32 Å². The van der Waals surface area contributed by atoms with Crippen molar-refractivity contribution >= 4 is 11.5 Å².